The molecule has 0 saturated carbocycles. The number of carbonyl (C=O) groups is 1. The van der Waals surface area contributed by atoms with Crippen LogP contribution in [-0.4, -0.2) is 16.5 Å². The quantitative estimate of drug-likeness (QED) is 0.780. The first-order valence-corrected chi connectivity index (χ1v) is 9.09. The summed E-state index contributed by atoms with van der Waals surface area (Å²) >= 11 is 0. The maximum absolute atomic E-state index is 13.0. The van der Waals surface area contributed by atoms with Crippen LogP contribution in [0.15, 0.2) is 36.4 Å². The topological polar surface area (TPSA) is 46.5 Å². The molecule has 1 aliphatic heterocycles. The van der Waals surface area contributed by atoms with E-state index in [-0.39, 0.29) is 29.7 Å². The molecule has 1 atom stereocenters. The third-order valence-corrected chi connectivity index (χ3v) is 4.94. The van der Waals surface area contributed by atoms with Gasteiger partial charge in [-0.1, -0.05) is 19.1 Å². The summed E-state index contributed by atoms with van der Waals surface area (Å²) < 4.78 is 18.9. The molecule has 26 heavy (non-hydrogen) atoms. The summed E-state index contributed by atoms with van der Waals surface area (Å²) in [5, 5.41) is 10.3. The van der Waals surface area contributed by atoms with Crippen LogP contribution in [0.25, 0.3) is 0 Å². The maximum atomic E-state index is 13.0. The first-order valence-electron chi connectivity index (χ1n) is 9.09. The Kier molecular flexibility index (Phi) is 5.03. The van der Waals surface area contributed by atoms with Crippen molar-refractivity contribution in [2.45, 2.75) is 58.0 Å². The third-order valence-electron chi connectivity index (χ3n) is 4.94. The van der Waals surface area contributed by atoms with Gasteiger partial charge in [0.2, 0.25) is 0 Å². The molecule has 0 aromatic heterocycles. The van der Waals surface area contributed by atoms with E-state index in [0.29, 0.717) is 11.3 Å². The summed E-state index contributed by atoms with van der Waals surface area (Å²) in [6, 6.07) is 10.2. The van der Waals surface area contributed by atoms with Crippen molar-refractivity contribution < 1.29 is 19.0 Å². The van der Waals surface area contributed by atoms with Crippen molar-refractivity contribution in [1.82, 2.24) is 0 Å². The number of aromatic hydroxyl groups is 1. The Morgan fingerprint density at radius 2 is 1.92 bits per heavy atom. The lowest BCUT2D eigenvalue weighted by Gasteiger charge is -2.32. The predicted molar refractivity (Wildman–Crippen MR) is 99.5 cm³/mol. The average Bonchev–Trinajstić information content (AvgIpc) is 2.54. The van der Waals surface area contributed by atoms with Gasteiger partial charge in [-0.2, -0.15) is 0 Å². The van der Waals surface area contributed by atoms with Gasteiger partial charge in [0.25, 0.3) is 0 Å². The molecule has 1 heterocycles. The van der Waals surface area contributed by atoms with Crippen molar-refractivity contribution in [3.05, 3.63) is 58.9 Å². The van der Waals surface area contributed by atoms with E-state index >= 15 is 0 Å². The fourth-order valence-electron chi connectivity index (χ4n) is 3.51. The number of carbonyl (C=O) groups excluding carboxylic acids is 1. The van der Waals surface area contributed by atoms with Crippen molar-refractivity contribution >= 4 is 5.78 Å². The molecule has 3 rings (SSSR count). The lowest BCUT2D eigenvalue weighted by atomic mass is 9.88. The number of halogens is 1. The van der Waals surface area contributed by atoms with Gasteiger partial charge in [0.05, 0.1) is 6.42 Å². The van der Waals surface area contributed by atoms with Gasteiger partial charge in [0.1, 0.15) is 28.5 Å². The Balaban J connectivity index is 1.70. The van der Waals surface area contributed by atoms with Crippen molar-refractivity contribution in [2.75, 3.05) is 0 Å². The largest absolute Gasteiger partial charge is 0.507 e. The van der Waals surface area contributed by atoms with E-state index in [0.717, 1.165) is 30.4 Å². The summed E-state index contributed by atoms with van der Waals surface area (Å²) in [4.78, 5) is 12.3. The molecule has 0 aliphatic carbocycles. The van der Waals surface area contributed by atoms with Gasteiger partial charge >= 0.3 is 0 Å². The number of ketones is 1. The monoisotopic (exact) mass is 356 g/mol. The zero-order valence-electron chi connectivity index (χ0n) is 15.5. The van der Waals surface area contributed by atoms with Crippen molar-refractivity contribution in [3.63, 3.8) is 0 Å². The Labute approximate surface area is 153 Å². The second-order valence-corrected chi connectivity index (χ2v) is 7.79. The molecule has 0 bridgehead atoms. The second kappa shape index (κ2) is 7.10. The highest BCUT2D eigenvalue weighted by Crippen LogP contribution is 2.40. The normalized spacial score (nSPS) is 16.7. The molecular weight excluding hydrogens is 331 g/mol. The van der Waals surface area contributed by atoms with Gasteiger partial charge in [0, 0.05) is 0 Å². The first kappa shape index (κ1) is 18.4. The highest BCUT2D eigenvalue weighted by Gasteiger charge is 2.34. The van der Waals surface area contributed by atoms with Crippen LogP contribution in [0.5, 0.6) is 11.5 Å². The van der Waals surface area contributed by atoms with E-state index in [1.807, 2.05) is 32.0 Å². The van der Waals surface area contributed by atoms with Crippen LogP contribution in [-0.2, 0) is 6.42 Å². The fraction of sp³-hybridized carbons (Fsp3) is 0.409. The minimum absolute atomic E-state index is 0.00313. The molecule has 1 unspecified atom stereocenters. The Hall–Kier alpha value is -2.36. The van der Waals surface area contributed by atoms with Crippen LogP contribution < -0.4 is 4.74 Å². The van der Waals surface area contributed by atoms with E-state index in [1.54, 1.807) is 6.07 Å². The Morgan fingerprint density at radius 3 is 2.62 bits per heavy atom. The van der Waals surface area contributed by atoms with Crippen molar-refractivity contribution in [2.24, 2.45) is 0 Å². The van der Waals surface area contributed by atoms with Gasteiger partial charge in [-0.25, -0.2) is 4.39 Å². The molecular formula is C22H25FO3. The van der Waals surface area contributed by atoms with Crippen molar-refractivity contribution in [3.8, 4) is 11.5 Å². The first-order chi connectivity index (χ1) is 12.2. The van der Waals surface area contributed by atoms with E-state index in [2.05, 4.69) is 6.92 Å². The molecule has 1 N–H and O–H groups in total. The van der Waals surface area contributed by atoms with E-state index in [1.165, 1.54) is 12.1 Å². The summed E-state index contributed by atoms with van der Waals surface area (Å²) in [6.07, 6.45) is 3.02. The van der Waals surface area contributed by atoms with Gasteiger partial charge in [0.15, 0.2) is 5.78 Å². The second-order valence-electron chi connectivity index (χ2n) is 7.79. The van der Waals surface area contributed by atoms with Crippen LogP contribution in [0.3, 0.4) is 0 Å². The minimum atomic E-state index is -0.555. The average molecular weight is 356 g/mol. The molecule has 2 aromatic rings. The molecule has 0 spiro atoms. The molecule has 4 heteroatoms. The number of phenols is 1. The van der Waals surface area contributed by atoms with Gasteiger partial charge in [-0.05, 0) is 74.4 Å². The molecule has 3 nitrogen and oxygen atoms in total. The number of fused-ring (bicyclic) bond motifs is 1. The number of hydrogen-bond acceptors (Lipinski definition) is 3. The fourth-order valence-corrected chi connectivity index (χ4v) is 3.51. The number of phenolic OH excluding ortho intramolecular Hbond substituents is 1. The van der Waals surface area contributed by atoms with Crippen LogP contribution in [0.1, 0.15) is 67.4 Å². The van der Waals surface area contributed by atoms with Gasteiger partial charge in [-0.15, -0.1) is 0 Å². The van der Waals surface area contributed by atoms with Gasteiger partial charge < -0.3 is 9.84 Å². The molecule has 0 saturated heterocycles. The zero-order chi connectivity index (χ0) is 18.9. The Bertz CT molecular complexity index is 809. The number of Topliss-reactive ketones (excluding diaryl/α,β-unsaturated/α-hetero) is 1. The molecule has 0 radical (unpaired) electrons. The van der Waals surface area contributed by atoms with Crippen LogP contribution in [0.4, 0.5) is 4.39 Å². The van der Waals surface area contributed by atoms with E-state index < -0.39 is 5.60 Å². The summed E-state index contributed by atoms with van der Waals surface area (Å²) in [5.41, 5.74) is 1.82. The lowest BCUT2D eigenvalue weighted by molar-refractivity contribution is 0.0613. The number of ether oxygens (including phenoxy) is 1. The minimum Gasteiger partial charge on any atom is -0.507 e. The molecule has 0 fully saturated rings. The number of aryl methyl sites for hydroxylation is 1. The van der Waals surface area contributed by atoms with Crippen LogP contribution in [0, 0.1) is 5.82 Å². The lowest BCUT2D eigenvalue weighted by Crippen LogP contribution is -2.36. The molecule has 0 amide bonds. The van der Waals surface area contributed by atoms with Crippen molar-refractivity contribution in [1.29, 1.82) is 0 Å². The number of benzene rings is 2. The van der Waals surface area contributed by atoms with E-state index in [9.17, 15) is 14.3 Å². The van der Waals surface area contributed by atoms with E-state index in [4.69, 9.17) is 4.74 Å². The standard InChI is InChI=1S/C22H25FO3/c1-14(5-4-6-15-7-9-17(23)10-8-15)16-11-18(24)21-19(25)13-22(2,3)26-20(21)12-16/h7-12,14,24H,4-6,13H2,1-3H3. The molecule has 1 aliphatic rings. The summed E-state index contributed by atoms with van der Waals surface area (Å²) in [7, 11) is 0. The highest BCUT2D eigenvalue weighted by molar-refractivity contribution is 6.02. The number of rotatable bonds is 5. The smallest absolute Gasteiger partial charge is 0.174 e. The predicted octanol–water partition coefficient (Wildman–Crippen LogP) is 5.40. The molecule has 138 valence electrons. The zero-order valence-corrected chi connectivity index (χ0v) is 15.5. The van der Waals surface area contributed by atoms with Gasteiger partial charge in [-0.3, -0.25) is 4.79 Å². The SMILES string of the molecule is CC(CCCc1ccc(F)cc1)c1cc(O)c2c(c1)OC(C)(C)CC2=O. The summed E-state index contributed by atoms with van der Waals surface area (Å²) in [6.45, 7) is 5.86. The maximum Gasteiger partial charge on any atom is 0.174 e. The summed E-state index contributed by atoms with van der Waals surface area (Å²) in [5.74, 6) is 0.402. The van der Waals surface area contributed by atoms with Crippen LogP contribution >= 0.6 is 0 Å². The number of hydrogen-bond donors (Lipinski definition) is 1. The molecule has 2 aromatic carbocycles. The highest BCUT2D eigenvalue weighted by atomic mass is 19.1. The Morgan fingerprint density at radius 1 is 1.23 bits per heavy atom. The van der Waals surface area contributed by atoms with Crippen LogP contribution in [0.2, 0.25) is 0 Å². The third kappa shape index (κ3) is 4.06.